The number of nitrogens with one attached hydrogen (secondary N) is 1. The molecule has 0 aliphatic rings. The van der Waals surface area contributed by atoms with Crippen molar-refractivity contribution in [3.63, 3.8) is 0 Å². The summed E-state index contributed by atoms with van der Waals surface area (Å²) < 4.78 is 6.86. The highest BCUT2D eigenvalue weighted by atomic mass is 79.9. The minimum Gasteiger partial charge on any atom is -0.492 e. The number of benzene rings is 2. The molecule has 0 aliphatic heterocycles. The summed E-state index contributed by atoms with van der Waals surface area (Å²) in [6.07, 6.45) is 1.43. The van der Waals surface area contributed by atoms with Crippen molar-refractivity contribution in [3.05, 3.63) is 62.0 Å². The summed E-state index contributed by atoms with van der Waals surface area (Å²) in [6, 6.07) is 11.1. The number of carboxylic acids is 1. The van der Waals surface area contributed by atoms with Gasteiger partial charge in [0.1, 0.15) is 17.4 Å². The number of amides is 1. The van der Waals surface area contributed by atoms with Gasteiger partial charge in [0.25, 0.3) is 5.91 Å². The highest BCUT2D eigenvalue weighted by Crippen LogP contribution is 2.35. The Bertz CT molecular complexity index is 941. The number of hydrogen-bond donors (Lipinski definition) is 2. The number of rotatable bonds is 6. The normalized spacial score (nSPS) is 10.8. The van der Waals surface area contributed by atoms with Gasteiger partial charge in [0.05, 0.1) is 21.1 Å². The largest absolute Gasteiger partial charge is 0.492 e. The van der Waals surface area contributed by atoms with Crippen LogP contribution < -0.4 is 10.1 Å². The lowest BCUT2D eigenvalue weighted by molar-refractivity contribution is -0.112. The number of carbonyl (C=O) groups excluding carboxylic acids is 1. The molecule has 8 heteroatoms. The van der Waals surface area contributed by atoms with Gasteiger partial charge in [-0.05, 0) is 80.8 Å². The van der Waals surface area contributed by atoms with Gasteiger partial charge in [0.15, 0.2) is 0 Å². The Morgan fingerprint density at radius 2 is 1.93 bits per heavy atom. The molecule has 0 unspecified atom stereocenters. The van der Waals surface area contributed by atoms with Gasteiger partial charge in [-0.15, -0.1) is 0 Å². The number of aromatic carboxylic acids is 1. The van der Waals surface area contributed by atoms with Crippen molar-refractivity contribution in [2.75, 3.05) is 11.9 Å². The second-order valence-electron chi connectivity index (χ2n) is 5.26. The van der Waals surface area contributed by atoms with Crippen LogP contribution in [0.15, 0.2) is 50.9 Å². The first kappa shape index (κ1) is 20.7. The molecule has 2 aromatic rings. The smallest absolute Gasteiger partial charge is 0.335 e. The van der Waals surface area contributed by atoms with E-state index in [1.807, 2.05) is 13.0 Å². The van der Waals surface area contributed by atoms with Crippen LogP contribution in [0.3, 0.4) is 0 Å². The molecule has 2 aromatic carbocycles. The van der Waals surface area contributed by atoms with Crippen LogP contribution in [0.4, 0.5) is 5.69 Å². The number of anilines is 1. The molecule has 2 N–H and O–H groups in total. The maximum absolute atomic E-state index is 12.4. The average Bonchev–Trinajstić information content (AvgIpc) is 2.62. The molecule has 0 aliphatic carbocycles. The standard InChI is InChI=1S/C19H14Br2N2O4/c1-2-27-17-15(20)7-11(8-16(17)21)6-13(10-22)18(24)23-14-5-3-4-12(9-14)19(25)26/h3-9H,2H2,1H3,(H,23,24)(H,25,26). The van der Waals surface area contributed by atoms with Gasteiger partial charge in [-0.1, -0.05) is 6.07 Å². The van der Waals surface area contributed by atoms with Gasteiger partial charge in [-0.25, -0.2) is 4.79 Å². The third-order valence-electron chi connectivity index (χ3n) is 3.35. The number of nitriles is 1. The molecule has 0 radical (unpaired) electrons. The Morgan fingerprint density at radius 1 is 1.26 bits per heavy atom. The summed E-state index contributed by atoms with van der Waals surface area (Å²) in [4.78, 5) is 23.4. The topological polar surface area (TPSA) is 99.4 Å². The van der Waals surface area contributed by atoms with Gasteiger partial charge in [0.2, 0.25) is 0 Å². The van der Waals surface area contributed by atoms with Crippen molar-refractivity contribution < 1.29 is 19.4 Å². The monoisotopic (exact) mass is 492 g/mol. The third kappa shape index (κ3) is 5.42. The fourth-order valence-corrected chi connectivity index (χ4v) is 3.64. The molecule has 0 atom stereocenters. The summed E-state index contributed by atoms with van der Waals surface area (Å²) in [6.45, 7) is 2.36. The Labute approximate surface area is 172 Å². The second kappa shape index (κ2) is 9.35. The molecule has 0 fully saturated rings. The molecule has 2 rings (SSSR count). The first-order chi connectivity index (χ1) is 12.8. The lowest BCUT2D eigenvalue weighted by Crippen LogP contribution is -2.14. The van der Waals surface area contributed by atoms with Crippen LogP contribution in [0.25, 0.3) is 6.08 Å². The van der Waals surface area contributed by atoms with Crippen molar-refractivity contribution in [2.24, 2.45) is 0 Å². The molecule has 0 spiro atoms. The summed E-state index contributed by atoms with van der Waals surface area (Å²) >= 11 is 6.80. The van der Waals surface area contributed by atoms with E-state index in [0.717, 1.165) is 0 Å². The fraction of sp³-hybridized carbons (Fsp3) is 0.105. The minimum atomic E-state index is -1.11. The Kier molecular flexibility index (Phi) is 7.16. The molecule has 0 saturated carbocycles. The van der Waals surface area contributed by atoms with E-state index in [1.54, 1.807) is 18.2 Å². The maximum Gasteiger partial charge on any atom is 0.335 e. The molecule has 6 nitrogen and oxygen atoms in total. The Hall–Kier alpha value is -2.63. The molecule has 27 heavy (non-hydrogen) atoms. The van der Waals surface area contributed by atoms with Gasteiger partial charge < -0.3 is 15.2 Å². The third-order valence-corrected chi connectivity index (χ3v) is 4.53. The highest BCUT2D eigenvalue weighted by molar-refractivity contribution is 9.11. The molecule has 0 aromatic heterocycles. The van der Waals surface area contributed by atoms with Crippen LogP contribution in [-0.2, 0) is 4.79 Å². The number of nitrogens with zero attached hydrogens (tertiary/aromatic N) is 1. The van der Waals surface area contributed by atoms with Crippen LogP contribution in [0, 0.1) is 11.3 Å². The first-order valence-corrected chi connectivity index (χ1v) is 9.32. The Morgan fingerprint density at radius 3 is 2.48 bits per heavy atom. The van der Waals surface area contributed by atoms with E-state index in [1.165, 1.54) is 24.3 Å². The fourth-order valence-electron chi connectivity index (χ4n) is 2.19. The summed E-state index contributed by atoms with van der Waals surface area (Å²) in [5.74, 6) is -1.12. The quantitative estimate of drug-likeness (QED) is 0.442. The highest BCUT2D eigenvalue weighted by Gasteiger charge is 2.13. The zero-order chi connectivity index (χ0) is 20.0. The van der Waals surface area contributed by atoms with Gasteiger partial charge >= 0.3 is 5.97 Å². The van der Waals surface area contributed by atoms with Crippen LogP contribution in [0.2, 0.25) is 0 Å². The Balaban J connectivity index is 2.28. The molecule has 0 heterocycles. The number of ether oxygens (including phenoxy) is 1. The van der Waals surface area contributed by atoms with E-state index < -0.39 is 11.9 Å². The van der Waals surface area contributed by atoms with Gasteiger partial charge in [-0.3, -0.25) is 4.79 Å². The zero-order valence-corrected chi connectivity index (χ0v) is 17.3. The summed E-state index contributed by atoms with van der Waals surface area (Å²) in [5, 5.41) is 20.9. The molecule has 0 saturated heterocycles. The molecular weight excluding hydrogens is 480 g/mol. The predicted octanol–water partition coefficient (Wildman–Crippen LogP) is 4.85. The number of carbonyl (C=O) groups is 2. The predicted molar refractivity (Wildman–Crippen MR) is 109 cm³/mol. The summed E-state index contributed by atoms with van der Waals surface area (Å²) in [7, 11) is 0. The first-order valence-electron chi connectivity index (χ1n) is 7.74. The van der Waals surface area contributed by atoms with Crippen molar-refractivity contribution in [2.45, 2.75) is 6.92 Å². The minimum absolute atomic E-state index is 0.0367. The van der Waals surface area contributed by atoms with E-state index >= 15 is 0 Å². The van der Waals surface area contributed by atoms with E-state index in [0.29, 0.717) is 26.9 Å². The maximum atomic E-state index is 12.4. The van der Waals surface area contributed by atoms with E-state index in [-0.39, 0.29) is 16.8 Å². The SMILES string of the molecule is CCOc1c(Br)cc(C=C(C#N)C(=O)Nc2cccc(C(=O)O)c2)cc1Br. The second-order valence-corrected chi connectivity index (χ2v) is 6.97. The van der Waals surface area contributed by atoms with Crippen LogP contribution in [0.5, 0.6) is 5.75 Å². The van der Waals surface area contributed by atoms with Crippen LogP contribution in [-0.4, -0.2) is 23.6 Å². The molecule has 138 valence electrons. The number of hydrogen-bond acceptors (Lipinski definition) is 4. The van der Waals surface area contributed by atoms with E-state index in [2.05, 4.69) is 37.2 Å². The van der Waals surface area contributed by atoms with E-state index in [4.69, 9.17) is 9.84 Å². The van der Waals surface area contributed by atoms with Crippen LogP contribution in [0.1, 0.15) is 22.8 Å². The van der Waals surface area contributed by atoms with Gasteiger partial charge in [0, 0.05) is 5.69 Å². The number of carboxylic acid groups (broad SMARTS) is 1. The van der Waals surface area contributed by atoms with E-state index in [9.17, 15) is 14.9 Å². The molecular formula is C19H14Br2N2O4. The van der Waals surface area contributed by atoms with Crippen LogP contribution >= 0.6 is 31.9 Å². The van der Waals surface area contributed by atoms with Crippen molar-refractivity contribution in [1.29, 1.82) is 5.26 Å². The molecule has 1 amide bonds. The van der Waals surface area contributed by atoms with Crippen molar-refractivity contribution in [1.82, 2.24) is 0 Å². The van der Waals surface area contributed by atoms with Crippen molar-refractivity contribution >= 4 is 55.5 Å². The molecule has 0 bridgehead atoms. The number of halogens is 2. The summed E-state index contributed by atoms with van der Waals surface area (Å²) in [5.41, 5.74) is 0.812. The lowest BCUT2D eigenvalue weighted by atomic mass is 10.1. The average molecular weight is 494 g/mol. The van der Waals surface area contributed by atoms with Crippen molar-refractivity contribution in [3.8, 4) is 11.8 Å². The van der Waals surface area contributed by atoms with Gasteiger partial charge in [-0.2, -0.15) is 5.26 Å². The lowest BCUT2D eigenvalue weighted by Gasteiger charge is -2.10. The zero-order valence-electron chi connectivity index (χ0n) is 14.1.